The van der Waals surface area contributed by atoms with Crippen LogP contribution in [0.4, 0.5) is 5.69 Å². The molecule has 0 radical (unpaired) electrons. The first kappa shape index (κ1) is 12.7. The van der Waals surface area contributed by atoms with E-state index in [4.69, 9.17) is 15.6 Å². The number of carboxylic acid groups (broad SMARTS) is 1. The van der Waals surface area contributed by atoms with Crippen LogP contribution < -0.4 is 10.5 Å². The van der Waals surface area contributed by atoms with Crippen molar-refractivity contribution >= 4 is 11.7 Å². The average Bonchev–Trinajstić information content (AvgIpc) is 2.34. The van der Waals surface area contributed by atoms with Crippen molar-refractivity contribution in [3.8, 4) is 5.75 Å². The van der Waals surface area contributed by atoms with E-state index < -0.39 is 5.97 Å². The van der Waals surface area contributed by atoms with Gasteiger partial charge in [-0.2, -0.15) is 0 Å². The Morgan fingerprint density at radius 2 is 2.00 bits per heavy atom. The van der Waals surface area contributed by atoms with Crippen molar-refractivity contribution in [2.75, 3.05) is 5.73 Å². The molecule has 1 saturated carbocycles. The maximum atomic E-state index is 11.1. The lowest BCUT2D eigenvalue weighted by Gasteiger charge is -2.27. The molecule has 3 N–H and O–H groups in total. The van der Waals surface area contributed by atoms with Crippen molar-refractivity contribution < 1.29 is 14.6 Å². The van der Waals surface area contributed by atoms with Gasteiger partial charge < -0.3 is 15.6 Å². The van der Waals surface area contributed by atoms with E-state index in [-0.39, 0.29) is 11.7 Å². The van der Waals surface area contributed by atoms with Crippen molar-refractivity contribution in [2.45, 2.75) is 38.7 Å². The smallest absolute Gasteiger partial charge is 0.339 e. The van der Waals surface area contributed by atoms with Crippen molar-refractivity contribution in [3.63, 3.8) is 0 Å². The van der Waals surface area contributed by atoms with E-state index in [0.29, 0.717) is 11.4 Å². The summed E-state index contributed by atoms with van der Waals surface area (Å²) < 4.78 is 5.82. The highest BCUT2D eigenvalue weighted by Gasteiger charge is 2.22. The number of nitrogens with two attached hydrogens (primary N) is 1. The molecule has 0 unspecified atom stereocenters. The minimum atomic E-state index is -0.999. The Balaban J connectivity index is 2.15. The van der Waals surface area contributed by atoms with Gasteiger partial charge in [-0.3, -0.25) is 0 Å². The number of carboxylic acids is 1. The van der Waals surface area contributed by atoms with E-state index in [0.717, 1.165) is 31.6 Å². The molecule has 1 aliphatic rings. The fourth-order valence-electron chi connectivity index (χ4n) is 2.37. The molecule has 4 nitrogen and oxygen atoms in total. The molecule has 0 saturated heterocycles. The number of benzene rings is 1. The van der Waals surface area contributed by atoms with Gasteiger partial charge in [-0.05, 0) is 43.7 Å². The Morgan fingerprint density at radius 1 is 1.33 bits per heavy atom. The molecule has 1 aromatic carbocycles. The summed E-state index contributed by atoms with van der Waals surface area (Å²) in [5, 5.41) is 9.13. The van der Waals surface area contributed by atoms with Crippen molar-refractivity contribution in [3.05, 3.63) is 23.8 Å². The van der Waals surface area contributed by atoms with E-state index in [2.05, 4.69) is 6.92 Å². The van der Waals surface area contributed by atoms with Crippen LogP contribution in [0.25, 0.3) is 0 Å². The summed E-state index contributed by atoms with van der Waals surface area (Å²) in [6.45, 7) is 2.23. The SMILES string of the molecule is CC1CCC(Oc2c(N)cccc2C(=O)O)CC1. The Bertz CT molecular complexity index is 437. The quantitative estimate of drug-likeness (QED) is 0.808. The first-order chi connectivity index (χ1) is 8.58. The van der Waals surface area contributed by atoms with Crippen LogP contribution in [0.2, 0.25) is 0 Å². The van der Waals surface area contributed by atoms with Gasteiger partial charge in [0.15, 0.2) is 5.75 Å². The third-order valence-electron chi connectivity index (χ3n) is 3.52. The predicted molar refractivity (Wildman–Crippen MR) is 69.9 cm³/mol. The van der Waals surface area contributed by atoms with E-state index in [1.165, 1.54) is 6.07 Å². The van der Waals surface area contributed by atoms with Gasteiger partial charge in [-0.15, -0.1) is 0 Å². The Hall–Kier alpha value is -1.71. The van der Waals surface area contributed by atoms with Gasteiger partial charge in [0, 0.05) is 0 Å². The van der Waals surface area contributed by atoms with Gasteiger partial charge in [-0.1, -0.05) is 13.0 Å². The molecule has 1 aliphatic carbocycles. The summed E-state index contributed by atoms with van der Waals surface area (Å²) in [5.74, 6) is 0.0583. The third-order valence-corrected chi connectivity index (χ3v) is 3.52. The average molecular weight is 249 g/mol. The Morgan fingerprint density at radius 3 is 2.61 bits per heavy atom. The molecule has 0 aliphatic heterocycles. The molecule has 1 aromatic rings. The van der Waals surface area contributed by atoms with Crippen LogP contribution in [0.5, 0.6) is 5.75 Å². The number of rotatable bonds is 3. The molecule has 4 heteroatoms. The molecular formula is C14H19NO3. The predicted octanol–water partition coefficient (Wildman–Crippen LogP) is 2.92. The van der Waals surface area contributed by atoms with Gasteiger partial charge in [0.2, 0.25) is 0 Å². The first-order valence-electron chi connectivity index (χ1n) is 6.36. The van der Waals surface area contributed by atoms with Crippen LogP contribution in [-0.4, -0.2) is 17.2 Å². The summed E-state index contributed by atoms with van der Waals surface area (Å²) in [6.07, 6.45) is 4.27. The number of para-hydroxylation sites is 1. The molecular weight excluding hydrogens is 230 g/mol. The summed E-state index contributed by atoms with van der Waals surface area (Å²) in [7, 11) is 0. The molecule has 0 spiro atoms. The van der Waals surface area contributed by atoms with Crippen LogP contribution in [-0.2, 0) is 0 Å². The zero-order valence-corrected chi connectivity index (χ0v) is 10.6. The first-order valence-corrected chi connectivity index (χ1v) is 6.36. The van der Waals surface area contributed by atoms with Crippen molar-refractivity contribution in [1.82, 2.24) is 0 Å². The molecule has 0 bridgehead atoms. The topological polar surface area (TPSA) is 72.5 Å². The second-order valence-electron chi connectivity index (χ2n) is 5.03. The fourth-order valence-corrected chi connectivity index (χ4v) is 2.37. The summed E-state index contributed by atoms with van der Waals surface area (Å²) in [4.78, 5) is 11.1. The summed E-state index contributed by atoms with van der Waals surface area (Å²) >= 11 is 0. The minimum absolute atomic E-state index is 0.0870. The van der Waals surface area contributed by atoms with Crippen LogP contribution in [0.1, 0.15) is 43.0 Å². The van der Waals surface area contributed by atoms with Gasteiger partial charge in [0.05, 0.1) is 11.8 Å². The van der Waals surface area contributed by atoms with E-state index in [9.17, 15) is 4.79 Å². The van der Waals surface area contributed by atoms with E-state index in [1.54, 1.807) is 12.1 Å². The Kier molecular flexibility index (Phi) is 3.75. The lowest BCUT2D eigenvalue weighted by molar-refractivity contribution is 0.0684. The van der Waals surface area contributed by atoms with Crippen LogP contribution in [0.15, 0.2) is 18.2 Å². The number of carbonyl (C=O) groups is 1. The second kappa shape index (κ2) is 5.29. The summed E-state index contributed by atoms with van der Waals surface area (Å²) in [5.41, 5.74) is 6.36. The molecule has 2 rings (SSSR count). The maximum Gasteiger partial charge on any atom is 0.339 e. The molecule has 18 heavy (non-hydrogen) atoms. The number of anilines is 1. The lowest BCUT2D eigenvalue weighted by atomic mass is 9.89. The standard InChI is InChI=1S/C14H19NO3/c1-9-5-7-10(8-6-9)18-13-11(14(16)17)3-2-4-12(13)15/h2-4,9-10H,5-8,15H2,1H3,(H,16,17). The lowest BCUT2D eigenvalue weighted by Crippen LogP contribution is -2.24. The number of aromatic carboxylic acids is 1. The highest BCUT2D eigenvalue weighted by Crippen LogP contribution is 2.32. The van der Waals surface area contributed by atoms with Gasteiger partial charge in [0.1, 0.15) is 5.56 Å². The highest BCUT2D eigenvalue weighted by atomic mass is 16.5. The fraction of sp³-hybridized carbons (Fsp3) is 0.500. The number of hydrogen-bond donors (Lipinski definition) is 2. The van der Waals surface area contributed by atoms with E-state index >= 15 is 0 Å². The van der Waals surface area contributed by atoms with Crippen molar-refractivity contribution in [1.29, 1.82) is 0 Å². The zero-order valence-electron chi connectivity index (χ0n) is 10.6. The van der Waals surface area contributed by atoms with E-state index in [1.807, 2.05) is 0 Å². The molecule has 1 fully saturated rings. The van der Waals surface area contributed by atoms with Gasteiger partial charge >= 0.3 is 5.97 Å². The number of ether oxygens (including phenoxy) is 1. The van der Waals surface area contributed by atoms with Crippen LogP contribution >= 0.6 is 0 Å². The number of nitrogen functional groups attached to an aromatic ring is 1. The zero-order chi connectivity index (χ0) is 13.1. The maximum absolute atomic E-state index is 11.1. The molecule has 0 amide bonds. The van der Waals surface area contributed by atoms with Gasteiger partial charge in [0.25, 0.3) is 0 Å². The third kappa shape index (κ3) is 2.75. The monoisotopic (exact) mass is 249 g/mol. The van der Waals surface area contributed by atoms with Crippen LogP contribution in [0, 0.1) is 5.92 Å². The summed E-state index contributed by atoms with van der Waals surface area (Å²) in [6, 6.07) is 4.83. The molecule has 0 aromatic heterocycles. The Labute approximate surface area is 107 Å². The van der Waals surface area contributed by atoms with Crippen molar-refractivity contribution in [2.24, 2.45) is 5.92 Å². The largest absolute Gasteiger partial charge is 0.487 e. The molecule has 98 valence electrons. The molecule has 0 atom stereocenters. The highest BCUT2D eigenvalue weighted by molar-refractivity contribution is 5.93. The normalized spacial score (nSPS) is 23.6. The minimum Gasteiger partial charge on any atom is -0.487 e. The number of hydrogen-bond acceptors (Lipinski definition) is 3. The van der Waals surface area contributed by atoms with Crippen LogP contribution in [0.3, 0.4) is 0 Å². The molecule has 0 heterocycles. The second-order valence-corrected chi connectivity index (χ2v) is 5.03. The van der Waals surface area contributed by atoms with Gasteiger partial charge in [-0.25, -0.2) is 4.79 Å².